The molecule has 0 aliphatic heterocycles. The molecule has 19 heavy (non-hydrogen) atoms. The molecule has 1 aromatic carbocycles. The molecule has 0 saturated heterocycles. The van der Waals surface area contributed by atoms with Gasteiger partial charge in [-0.15, -0.1) is 0 Å². The summed E-state index contributed by atoms with van der Waals surface area (Å²) >= 11 is 3.29. The summed E-state index contributed by atoms with van der Waals surface area (Å²) in [6, 6.07) is 6.94. The first kappa shape index (κ1) is 13.2. The van der Waals surface area contributed by atoms with Crippen LogP contribution in [0.4, 0.5) is 11.5 Å². The van der Waals surface area contributed by atoms with E-state index in [-0.39, 0.29) is 17.4 Å². The van der Waals surface area contributed by atoms with Gasteiger partial charge in [0.1, 0.15) is 12.1 Å². The molecule has 2 rings (SSSR count). The van der Waals surface area contributed by atoms with Gasteiger partial charge in [0.2, 0.25) is 5.82 Å². The van der Waals surface area contributed by atoms with Crippen LogP contribution in [0.25, 0.3) is 0 Å². The van der Waals surface area contributed by atoms with Gasteiger partial charge in [-0.25, -0.2) is 4.98 Å². The van der Waals surface area contributed by atoms with Crippen molar-refractivity contribution in [3.05, 3.63) is 45.2 Å². The maximum absolute atomic E-state index is 11.1. The zero-order valence-corrected chi connectivity index (χ0v) is 11.4. The number of nitro groups is 1. The molecule has 8 heteroatoms. The summed E-state index contributed by atoms with van der Waals surface area (Å²) in [5.41, 5.74) is -0.301. The smallest absolute Gasteiger partial charge is 0.373 e. The van der Waals surface area contributed by atoms with Gasteiger partial charge in [-0.1, -0.05) is 22.0 Å². The highest BCUT2D eigenvalue weighted by atomic mass is 79.9. The van der Waals surface area contributed by atoms with E-state index in [1.54, 1.807) is 18.2 Å². The quantitative estimate of drug-likeness (QED) is 0.686. The lowest BCUT2D eigenvalue weighted by atomic mass is 10.3. The molecular weight excluding hydrogens is 316 g/mol. The SMILES string of the molecule is CNc1ncnc(Oc2cccc(Br)c2)c1[N+](=O)[O-]. The van der Waals surface area contributed by atoms with Crippen LogP contribution < -0.4 is 10.1 Å². The average Bonchev–Trinajstić information content (AvgIpc) is 2.38. The zero-order valence-electron chi connectivity index (χ0n) is 9.83. The van der Waals surface area contributed by atoms with Gasteiger partial charge in [0.15, 0.2) is 0 Å². The van der Waals surface area contributed by atoms with Crippen molar-refractivity contribution >= 4 is 27.4 Å². The van der Waals surface area contributed by atoms with Crippen molar-refractivity contribution in [3.8, 4) is 11.6 Å². The van der Waals surface area contributed by atoms with Crippen molar-refractivity contribution in [1.29, 1.82) is 0 Å². The second kappa shape index (κ2) is 5.61. The first-order valence-electron chi connectivity index (χ1n) is 5.22. The van der Waals surface area contributed by atoms with E-state index in [9.17, 15) is 10.1 Å². The Labute approximate surface area is 116 Å². The van der Waals surface area contributed by atoms with Gasteiger partial charge in [0.25, 0.3) is 0 Å². The molecule has 0 amide bonds. The Balaban J connectivity index is 2.42. The maximum Gasteiger partial charge on any atom is 0.373 e. The third-order valence-electron chi connectivity index (χ3n) is 2.22. The number of nitrogens with one attached hydrogen (secondary N) is 1. The van der Waals surface area contributed by atoms with Gasteiger partial charge in [-0.05, 0) is 18.2 Å². The van der Waals surface area contributed by atoms with E-state index in [4.69, 9.17) is 4.74 Å². The summed E-state index contributed by atoms with van der Waals surface area (Å²) in [4.78, 5) is 18.1. The number of nitrogens with zero attached hydrogens (tertiary/aromatic N) is 3. The van der Waals surface area contributed by atoms with Crippen LogP contribution in [0.3, 0.4) is 0 Å². The Bertz CT molecular complexity index is 621. The van der Waals surface area contributed by atoms with E-state index >= 15 is 0 Å². The fourth-order valence-corrected chi connectivity index (χ4v) is 1.81. The van der Waals surface area contributed by atoms with Crippen molar-refractivity contribution in [1.82, 2.24) is 9.97 Å². The van der Waals surface area contributed by atoms with Crippen LogP contribution in [0.5, 0.6) is 11.6 Å². The third-order valence-corrected chi connectivity index (χ3v) is 2.71. The minimum absolute atomic E-state index is 0.102. The zero-order chi connectivity index (χ0) is 13.8. The van der Waals surface area contributed by atoms with Crippen molar-refractivity contribution in [2.75, 3.05) is 12.4 Å². The number of benzene rings is 1. The molecule has 0 radical (unpaired) electrons. The van der Waals surface area contributed by atoms with Gasteiger partial charge >= 0.3 is 11.6 Å². The molecule has 0 saturated carbocycles. The monoisotopic (exact) mass is 324 g/mol. The van der Waals surface area contributed by atoms with Crippen LogP contribution in [-0.2, 0) is 0 Å². The minimum atomic E-state index is -0.584. The Hall–Kier alpha value is -2.22. The van der Waals surface area contributed by atoms with Crippen LogP contribution in [0, 0.1) is 10.1 Å². The summed E-state index contributed by atoms with van der Waals surface area (Å²) in [6.07, 6.45) is 1.20. The fourth-order valence-electron chi connectivity index (χ4n) is 1.43. The predicted octanol–water partition coefficient (Wildman–Crippen LogP) is 2.98. The maximum atomic E-state index is 11.1. The standard InChI is InChI=1S/C11H9BrN4O3/c1-13-10-9(16(17)18)11(15-6-14-10)19-8-4-2-3-7(12)5-8/h2-6H,1H3,(H,13,14,15). The average molecular weight is 325 g/mol. The highest BCUT2D eigenvalue weighted by Crippen LogP contribution is 2.34. The van der Waals surface area contributed by atoms with Crippen LogP contribution in [-0.4, -0.2) is 21.9 Å². The molecule has 1 heterocycles. The van der Waals surface area contributed by atoms with Gasteiger partial charge < -0.3 is 10.1 Å². The van der Waals surface area contributed by atoms with Crippen molar-refractivity contribution in [2.45, 2.75) is 0 Å². The van der Waals surface area contributed by atoms with Crippen LogP contribution in [0.2, 0.25) is 0 Å². The summed E-state index contributed by atoms with van der Waals surface area (Å²) in [6.45, 7) is 0. The number of hydrogen-bond donors (Lipinski definition) is 1. The highest BCUT2D eigenvalue weighted by molar-refractivity contribution is 9.10. The largest absolute Gasteiger partial charge is 0.434 e. The molecule has 0 unspecified atom stereocenters. The van der Waals surface area contributed by atoms with Crippen LogP contribution >= 0.6 is 15.9 Å². The number of anilines is 1. The molecule has 0 aliphatic rings. The van der Waals surface area contributed by atoms with E-state index in [0.717, 1.165) is 4.47 Å². The molecule has 1 N–H and O–H groups in total. The number of aromatic nitrogens is 2. The molecular formula is C11H9BrN4O3. The van der Waals surface area contributed by atoms with E-state index in [1.165, 1.54) is 13.4 Å². The number of hydrogen-bond acceptors (Lipinski definition) is 6. The van der Waals surface area contributed by atoms with Crippen molar-refractivity contribution in [2.24, 2.45) is 0 Å². The molecule has 0 atom stereocenters. The Morgan fingerprint density at radius 2 is 2.21 bits per heavy atom. The lowest BCUT2D eigenvalue weighted by molar-refractivity contribution is -0.385. The van der Waals surface area contributed by atoms with E-state index in [0.29, 0.717) is 5.75 Å². The van der Waals surface area contributed by atoms with Gasteiger partial charge in [0.05, 0.1) is 4.92 Å². The molecule has 0 bridgehead atoms. The van der Waals surface area contributed by atoms with E-state index in [1.807, 2.05) is 6.07 Å². The first-order valence-corrected chi connectivity index (χ1v) is 6.01. The first-order chi connectivity index (χ1) is 9.11. The third kappa shape index (κ3) is 2.97. The lowest BCUT2D eigenvalue weighted by Crippen LogP contribution is -2.03. The Morgan fingerprint density at radius 3 is 2.84 bits per heavy atom. The van der Waals surface area contributed by atoms with E-state index < -0.39 is 4.92 Å². The summed E-state index contributed by atoms with van der Waals surface area (Å²) in [5, 5.41) is 13.7. The molecule has 98 valence electrons. The minimum Gasteiger partial charge on any atom is -0.434 e. The Morgan fingerprint density at radius 1 is 1.42 bits per heavy atom. The number of ether oxygens (including phenoxy) is 1. The second-order valence-corrected chi connectivity index (χ2v) is 4.36. The summed E-state index contributed by atoms with van der Waals surface area (Å²) in [7, 11) is 1.54. The molecule has 1 aromatic heterocycles. The van der Waals surface area contributed by atoms with Gasteiger partial charge in [0, 0.05) is 11.5 Å². The lowest BCUT2D eigenvalue weighted by Gasteiger charge is -2.07. The Kier molecular flexibility index (Phi) is 3.91. The molecule has 0 spiro atoms. The van der Waals surface area contributed by atoms with Crippen LogP contribution in [0.15, 0.2) is 35.1 Å². The molecule has 2 aromatic rings. The second-order valence-electron chi connectivity index (χ2n) is 3.44. The topological polar surface area (TPSA) is 90.2 Å². The van der Waals surface area contributed by atoms with Gasteiger partial charge in [-0.2, -0.15) is 4.98 Å². The normalized spacial score (nSPS) is 10.0. The summed E-state index contributed by atoms with van der Waals surface area (Å²) in [5.74, 6) is 0.436. The number of halogens is 1. The molecule has 0 aliphatic carbocycles. The molecule has 7 nitrogen and oxygen atoms in total. The predicted molar refractivity (Wildman–Crippen MR) is 72.4 cm³/mol. The fraction of sp³-hybridized carbons (Fsp3) is 0.0909. The number of rotatable bonds is 4. The highest BCUT2D eigenvalue weighted by Gasteiger charge is 2.24. The van der Waals surface area contributed by atoms with Crippen molar-refractivity contribution < 1.29 is 9.66 Å². The van der Waals surface area contributed by atoms with Crippen LogP contribution in [0.1, 0.15) is 0 Å². The van der Waals surface area contributed by atoms with E-state index in [2.05, 4.69) is 31.2 Å². The summed E-state index contributed by atoms with van der Waals surface area (Å²) < 4.78 is 6.23. The molecule has 0 fully saturated rings. The van der Waals surface area contributed by atoms with Crippen molar-refractivity contribution in [3.63, 3.8) is 0 Å². The van der Waals surface area contributed by atoms with Gasteiger partial charge in [-0.3, -0.25) is 10.1 Å².